The Morgan fingerprint density at radius 3 is 2.17 bits per heavy atom. The van der Waals surface area contributed by atoms with Crippen LogP contribution in [0.25, 0.3) is 0 Å². The quantitative estimate of drug-likeness (QED) is 0.609. The largest absolute Gasteiger partial charge is 0.332 e. The van der Waals surface area contributed by atoms with Crippen LogP contribution in [0.15, 0.2) is 48.5 Å². The first kappa shape index (κ1) is 13.2. The zero-order chi connectivity index (χ0) is 13.0. The van der Waals surface area contributed by atoms with E-state index in [9.17, 15) is 4.39 Å². The van der Waals surface area contributed by atoms with Gasteiger partial charge in [0.1, 0.15) is 5.82 Å². The van der Waals surface area contributed by atoms with Gasteiger partial charge in [0.25, 0.3) is 0 Å². The van der Waals surface area contributed by atoms with Crippen molar-refractivity contribution in [3.05, 3.63) is 57.9 Å². The van der Waals surface area contributed by atoms with Crippen LogP contribution in [0.5, 0.6) is 0 Å². The fraction of sp³-hybridized carbons (Fsp3) is 0. The second kappa shape index (κ2) is 6.10. The van der Waals surface area contributed by atoms with E-state index in [1.165, 1.54) is 6.07 Å². The Morgan fingerprint density at radius 2 is 1.50 bits per heavy atom. The van der Waals surface area contributed by atoms with Crippen LogP contribution in [0.3, 0.4) is 0 Å². The lowest BCUT2D eigenvalue weighted by atomic mass is 10.3. The van der Waals surface area contributed by atoms with Crippen LogP contribution >= 0.6 is 34.8 Å². The maximum absolute atomic E-state index is 13.4. The van der Waals surface area contributed by atoms with Crippen LogP contribution in [0.4, 0.5) is 15.8 Å². The van der Waals surface area contributed by atoms with E-state index in [1.54, 1.807) is 18.2 Å². The monoisotopic (exact) mass is 372 g/mol. The van der Waals surface area contributed by atoms with Gasteiger partial charge in [0.2, 0.25) is 0 Å². The van der Waals surface area contributed by atoms with Crippen LogP contribution in [-0.2, 0) is 0 Å². The van der Waals surface area contributed by atoms with Crippen molar-refractivity contribution in [3.63, 3.8) is 0 Å². The number of thiocarbonyl (C=S) groups is 1. The fourth-order valence-corrected chi connectivity index (χ4v) is 2.14. The molecule has 5 heteroatoms. The van der Waals surface area contributed by atoms with E-state index in [4.69, 9.17) is 12.2 Å². The maximum Gasteiger partial charge on any atom is 0.175 e. The molecule has 0 amide bonds. The SMILES string of the molecule is Fc1ccccc1NC(=S)Nc1ccccc1I. The Balaban J connectivity index is 2.06. The lowest BCUT2D eigenvalue weighted by molar-refractivity contribution is 0.632. The number of anilines is 2. The van der Waals surface area contributed by atoms with Gasteiger partial charge in [-0.15, -0.1) is 0 Å². The number of halogens is 2. The Hall–Kier alpha value is -1.21. The molecule has 2 rings (SSSR count). The zero-order valence-electron chi connectivity index (χ0n) is 9.28. The summed E-state index contributed by atoms with van der Waals surface area (Å²) < 4.78 is 14.5. The molecule has 0 aliphatic carbocycles. The van der Waals surface area contributed by atoms with Crippen LogP contribution in [0.1, 0.15) is 0 Å². The summed E-state index contributed by atoms with van der Waals surface area (Å²) in [6.07, 6.45) is 0. The fourth-order valence-electron chi connectivity index (χ4n) is 1.40. The molecule has 0 fully saturated rings. The summed E-state index contributed by atoms with van der Waals surface area (Å²) in [6, 6.07) is 14.1. The van der Waals surface area contributed by atoms with Crippen molar-refractivity contribution in [1.29, 1.82) is 0 Å². The minimum absolute atomic E-state index is 0.329. The van der Waals surface area contributed by atoms with E-state index in [0.717, 1.165) is 9.26 Å². The smallest absolute Gasteiger partial charge is 0.175 e. The molecule has 2 aromatic carbocycles. The van der Waals surface area contributed by atoms with Crippen LogP contribution in [0.2, 0.25) is 0 Å². The van der Waals surface area contributed by atoms with Crippen molar-refractivity contribution in [1.82, 2.24) is 0 Å². The topological polar surface area (TPSA) is 24.1 Å². The summed E-state index contributed by atoms with van der Waals surface area (Å²) in [5, 5.41) is 6.22. The van der Waals surface area contributed by atoms with Crippen molar-refractivity contribution in [2.24, 2.45) is 0 Å². The van der Waals surface area contributed by atoms with Crippen molar-refractivity contribution in [2.75, 3.05) is 10.6 Å². The first-order chi connectivity index (χ1) is 8.66. The molecule has 0 saturated carbocycles. The minimum Gasteiger partial charge on any atom is -0.332 e. The molecular formula is C13H10FIN2S. The Labute approximate surface area is 124 Å². The third kappa shape index (κ3) is 3.39. The standard InChI is InChI=1S/C13H10FIN2S/c14-9-5-1-3-7-11(9)16-13(18)17-12-8-4-2-6-10(12)15/h1-8H,(H2,16,17,18). The number of para-hydroxylation sites is 2. The summed E-state index contributed by atoms with van der Waals surface area (Å²) in [7, 11) is 0. The predicted octanol–water partition coefficient (Wildman–Crippen LogP) is 4.24. The number of nitrogens with one attached hydrogen (secondary N) is 2. The third-order valence-corrected chi connectivity index (χ3v) is 3.39. The zero-order valence-corrected chi connectivity index (χ0v) is 12.3. The second-order valence-electron chi connectivity index (χ2n) is 3.54. The molecule has 0 bridgehead atoms. The highest BCUT2D eigenvalue weighted by molar-refractivity contribution is 14.1. The third-order valence-electron chi connectivity index (χ3n) is 2.24. The molecule has 0 aromatic heterocycles. The summed E-state index contributed by atoms with van der Waals surface area (Å²) in [6.45, 7) is 0. The molecule has 0 aliphatic rings. The van der Waals surface area contributed by atoms with Crippen LogP contribution in [-0.4, -0.2) is 5.11 Å². The van der Waals surface area contributed by atoms with Crippen molar-refractivity contribution < 1.29 is 4.39 Å². The highest BCUT2D eigenvalue weighted by Gasteiger charge is 2.04. The molecule has 0 radical (unpaired) electrons. The predicted molar refractivity (Wildman–Crippen MR) is 85.4 cm³/mol. The second-order valence-corrected chi connectivity index (χ2v) is 5.11. The van der Waals surface area contributed by atoms with E-state index in [2.05, 4.69) is 33.2 Å². The average molecular weight is 372 g/mol. The molecule has 0 saturated heterocycles. The molecular weight excluding hydrogens is 362 g/mol. The van der Waals surface area contributed by atoms with E-state index >= 15 is 0 Å². The summed E-state index contributed by atoms with van der Waals surface area (Å²) in [5.41, 5.74) is 1.26. The van der Waals surface area contributed by atoms with Gasteiger partial charge in [-0.05, 0) is 59.1 Å². The maximum atomic E-state index is 13.4. The van der Waals surface area contributed by atoms with Gasteiger partial charge < -0.3 is 10.6 Å². The van der Waals surface area contributed by atoms with Gasteiger partial charge in [0, 0.05) is 3.57 Å². The van der Waals surface area contributed by atoms with Crippen LogP contribution in [0, 0.1) is 9.39 Å². The summed E-state index contributed by atoms with van der Waals surface area (Å²) in [5.74, 6) is -0.329. The van der Waals surface area contributed by atoms with E-state index in [0.29, 0.717) is 10.8 Å². The Bertz CT molecular complexity index is 525. The van der Waals surface area contributed by atoms with Crippen LogP contribution < -0.4 is 10.6 Å². The number of benzene rings is 2. The first-order valence-electron chi connectivity index (χ1n) is 5.24. The minimum atomic E-state index is -0.329. The lowest BCUT2D eigenvalue weighted by Gasteiger charge is -2.12. The molecule has 0 unspecified atom stereocenters. The molecule has 0 atom stereocenters. The van der Waals surface area contributed by atoms with E-state index in [1.807, 2.05) is 24.3 Å². The van der Waals surface area contributed by atoms with Gasteiger partial charge in [-0.25, -0.2) is 4.39 Å². The molecule has 18 heavy (non-hydrogen) atoms. The molecule has 2 nitrogen and oxygen atoms in total. The van der Waals surface area contributed by atoms with Gasteiger partial charge >= 0.3 is 0 Å². The molecule has 2 N–H and O–H groups in total. The molecule has 0 spiro atoms. The molecule has 0 aliphatic heterocycles. The van der Waals surface area contributed by atoms with Crippen molar-refractivity contribution >= 4 is 51.3 Å². The number of hydrogen-bond donors (Lipinski definition) is 2. The van der Waals surface area contributed by atoms with Gasteiger partial charge in [-0.2, -0.15) is 0 Å². The average Bonchev–Trinajstić information content (AvgIpc) is 2.35. The first-order valence-corrected chi connectivity index (χ1v) is 6.72. The number of hydrogen-bond acceptors (Lipinski definition) is 1. The highest BCUT2D eigenvalue weighted by Crippen LogP contribution is 2.18. The van der Waals surface area contributed by atoms with Gasteiger partial charge in [-0.3, -0.25) is 0 Å². The van der Waals surface area contributed by atoms with Gasteiger partial charge in [-0.1, -0.05) is 24.3 Å². The molecule has 92 valence electrons. The highest BCUT2D eigenvalue weighted by atomic mass is 127. The Morgan fingerprint density at radius 1 is 0.944 bits per heavy atom. The van der Waals surface area contributed by atoms with Gasteiger partial charge in [0.15, 0.2) is 5.11 Å². The lowest BCUT2D eigenvalue weighted by Crippen LogP contribution is -2.20. The molecule has 0 heterocycles. The summed E-state index contributed by atoms with van der Waals surface area (Å²) >= 11 is 7.35. The normalized spacial score (nSPS) is 9.89. The van der Waals surface area contributed by atoms with E-state index < -0.39 is 0 Å². The van der Waals surface area contributed by atoms with Crippen molar-refractivity contribution in [2.45, 2.75) is 0 Å². The van der Waals surface area contributed by atoms with Crippen molar-refractivity contribution in [3.8, 4) is 0 Å². The number of rotatable bonds is 2. The molecule has 2 aromatic rings. The van der Waals surface area contributed by atoms with Gasteiger partial charge in [0.05, 0.1) is 11.4 Å². The Kier molecular flexibility index (Phi) is 4.48. The summed E-state index contributed by atoms with van der Waals surface area (Å²) in [4.78, 5) is 0. The van der Waals surface area contributed by atoms with E-state index in [-0.39, 0.29) is 5.82 Å².